The van der Waals surface area contributed by atoms with E-state index in [-0.39, 0.29) is 4.87 Å². The van der Waals surface area contributed by atoms with Crippen LogP contribution in [0.25, 0.3) is 0 Å². The van der Waals surface area contributed by atoms with Crippen molar-refractivity contribution in [2.75, 3.05) is 0 Å². The first kappa shape index (κ1) is 7.40. The summed E-state index contributed by atoms with van der Waals surface area (Å²) in [5.74, 6) is 0. The Kier molecular flexibility index (Phi) is 2.40. The van der Waals surface area contributed by atoms with Gasteiger partial charge < -0.3 is 0 Å². The van der Waals surface area contributed by atoms with Gasteiger partial charge in [-0.1, -0.05) is 26.2 Å². The summed E-state index contributed by atoms with van der Waals surface area (Å²) in [5, 5.41) is 0. The zero-order chi connectivity index (χ0) is 6.74. The molecular weight excluding hydrogens is 132 g/mol. The average Bonchev–Trinajstić information content (AvgIpc) is 2.16. The second-order valence-electron chi connectivity index (χ2n) is 3.11. The maximum atomic E-state index is 6.27. The number of hydrogen-bond acceptors (Lipinski definition) is 0. The predicted octanol–water partition coefficient (Wildman–Crippen LogP) is 3.34. The van der Waals surface area contributed by atoms with E-state index in [1.165, 1.54) is 38.5 Å². The molecular formula is C8H15Cl. The van der Waals surface area contributed by atoms with E-state index in [1.807, 2.05) is 0 Å². The molecule has 9 heavy (non-hydrogen) atoms. The molecule has 0 spiro atoms. The van der Waals surface area contributed by atoms with Gasteiger partial charge >= 0.3 is 0 Å². The molecule has 0 unspecified atom stereocenters. The maximum Gasteiger partial charge on any atom is 0.0446 e. The summed E-state index contributed by atoms with van der Waals surface area (Å²) < 4.78 is 0. The minimum absolute atomic E-state index is 0.217. The summed E-state index contributed by atoms with van der Waals surface area (Å²) in [6.07, 6.45) is 7.66. The van der Waals surface area contributed by atoms with Crippen molar-refractivity contribution < 1.29 is 0 Å². The molecule has 1 aliphatic rings. The molecule has 0 aromatic rings. The Morgan fingerprint density at radius 1 is 1.33 bits per heavy atom. The van der Waals surface area contributed by atoms with Crippen molar-refractivity contribution in [3.8, 4) is 0 Å². The lowest BCUT2D eigenvalue weighted by atomic mass is 10.0. The van der Waals surface area contributed by atoms with Gasteiger partial charge in [-0.3, -0.25) is 0 Å². The summed E-state index contributed by atoms with van der Waals surface area (Å²) in [5.41, 5.74) is 0. The monoisotopic (exact) mass is 146 g/mol. The van der Waals surface area contributed by atoms with Gasteiger partial charge in [0, 0.05) is 4.87 Å². The fourth-order valence-electron chi connectivity index (χ4n) is 1.71. The van der Waals surface area contributed by atoms with E-state index in [2.05, 4.69) is 6.92 Å². The lowest BCUT2D eigenvalue weighted by molar-refractivity contribution is 0.537. The second-order valence-corrected chi connectivity index (χ2v) is 3.91. The van der Waals surface area contributed by atoms with Gasteiger partial charge in [0.2, 0.25) is 0 Å². The zero-order valence-electron chi connectivity index (χ0n) is 6.12. The normalized spacial score (nSPS) is 24.7. The summed E-state index contributed by atoms with van der Waals surface area (Å²) in [7, 11) is 0. The molecule has 1 heteroatoms. The molecule has 0 N–H and O–H groups in total. The molecule has 1 aliphatic carbocycles. The molecule has 0 bridgehead atoms. The van der Waals surface area contributed by atoms with Crippen LogP contribution in [0.3, 0.4) is 0 Å². The Bertz CT molecular complexity index is 82.6. The van der Waals surface area contributed by atoms with E-state index in [9.17, 15) is 0 Å². The van der Waals surface area contributed by atoms with Gasteiger partial charge in [0.15, 0.2) is 0 Å². The van der Waals surface area contributed by atoms with E-state index in [1.54, 1.807) is 0 Å². The first-order valence-electron chi connectivity index (χ1n) is 3.96. The van der Waals surface area contributed by atoms with Crippen LogP contribution in [0.15, 0.2) is 0 Å². The lowest BCUT2D eigenvalue weighted by Gasteiger charge is -2.18. The first-order chi connectivity index (χ1) is 4.27. The highest BCUT2D eigenvalue weighted by atomic mass is 35.5. The summed E-state index contributed by atoms with van der Waals surface area (Å²) in [6, 6.07) is 0. The van der Waals surface area contributed by atoms with Crippen molar-refractivity contribution in [2.45, 2.75) is 50.3 Å². The van der Waals surface area contributed by atoms with Crippen molar-refractivity contribution in [3.63, 3.8) is 0 Å². The Morgan fingerprint density at radius 3 is 2.33 bits per heavy atom. The smallest absolute Gasteiger partial charge is 0.0446 e. The SMILES string of the molecule is CCCC1(Cl)CCCC1. The van der Waals surface area contributed by atoms with Crippen LogP contribution in [0.1, 0.15) is 45.4 Å². The van der Waals surface area contributed by atoms with Crippen molar-refractivity contribution in [1.29, 1.82) is 0 Å². The highest BCUT2D eigenvalue weighted by molar-refractivity contribution is 6.24. The molecule has 1 rings (SSSR count). The third-order valence-electron chi connectivity index (χ3n) is 2.20. The second kappa shape index (κ2) is 2.92. The number of rotatable bonds is 2. The molecule has 0 atom stereocenters. The lowest BCUT2D eigenvalue weighted by Crippen LogP contribution is -2.14. The van der Waals surface area contributed by atoms with Crippen LogP contribution in [0.5, 0.6) is 0 Å². The fourth-order valence-corrected chi connectivity index (χ4v) is 2.16. The predicted molar refractivity (Wildman–Crippen MR) is 42.0 cm³/mol. The number of hydrogen-bond donors (Lipinski definition) is 0. The van der Waals surface area contributed by atoms with Crippen LogP contribution >= 0.6 is 11.6 Å². The molecule has 0 radical (unpaired) electrons. The van der Waals surface area contributed by atoms with Crippen LogP contribution < -0.4 is 0 Å². The molecule has 0 aromatic heterocycles. The van der Waals surface area contributed by atoms with Gasteiger partial charge in [0.25, 0.3) is 0 Å². The minimum Gasteiger partial charge on any atom is -0.119 e. The summed E-state index contributed by atoms with van der Waals surface area (Å²) in [6.45, 7) is 2.21. The summed E-state index contributed by atoms with van der Waals surface area (Å²) >= 11 is 6.27. The fraction of sp³-hybridized carbons (Fsp3) is 1.00. The first-order valence-corrected chi connectivity index (χ1v) is 4.33. The van der Waals surface area contributed by atoms with Crippen molar-refractivity contribution in [2.24, 2.45) is 0 Å². The molecule has 54 valence electrons. The Labute approximate surface area is 62.6 Å². The van der Waals surface area contributed by atoms with Gasteiger partial charge in [0.1, 0.15) is 0 Å². The van der Waals surface area contributed by atoms with Crippen molar-refractivity contribution >= 4 is 11.6 Å². The van der Waals surface area contributed by atoms with E-state index in [0.29, 0.717) is 0 Å². The van der Waals surface area contributed by atoms with Crippen LogP contribution in [0, 0.1) is 0 Å². The van der Waals surface area contributed by atoms with E-state index < -0.39 is 0 Å². The van der Waals surface area contributed by atoms with E-state index in [4.69, 9.17) is 11.6 Å². The molecule has 0 nitrogen and oxygen atoms in total. The van der Waals surface area contributed by atoms with Crippen molar-refractivity contribution in [1.82, 2.24) is 0 Å². The molecule has 0 aromatic carbocycles. The van der Waals surface area contributed by atoms with E-state index >= 15 is 0 Å². The maximum absolute atomic E-state index is 6.27. The standard InChI is InChI=1S/C8H15Cl/c1-2-5-8(9)6-3-4-7-8/h2-7H2,1H3. The molecule has 0 saturated heterocycles. The summed E-state index contributed by atoms with van der Waals surface area (Å²) in [4.78, 5) is 0.217. The quantitative estimate of drug-likeness (QED) is 0.525. The van der Waals surface area contributed by atoms with Crippen LogP contribution in [0.4, 0.5) is 0 Å². The van der Waals surface area contributed by atoms with E-state index in [0.717, 1.165) is 0 Å². The highest BCUT2D eigenvalue weighted by Crippen LogP contribution is 2.39. The van der Waals surface area contributed by atoms with Gasteiger partial charge in [-0.15, -0.1) is 11.6 Å². The number of alkyl halides is 1. The topological polar surface area (TPSA) is 0 Å². The number of halogens is 1. The van der Waals surface area contributed by atoms with Gasteiger partial charge in [0.05, 0.1) is 0 Å². The Hall–Kier alpha value is 0.290. The van der Waals surface area contributed by atoms with Crippen LogP contribution in [-0.2, 0) is 0 Å². The molecule has 0 aliphatic heterocycles. The average molecular weight is 147 g/mol. The highest BCUT2D eigenvalue weighted by Gasteiger charge is 2.29. The molecule has 0 amide bonds. The van der Waals surface area contributed by atoms with Gasteiger partial charge in [-0.2, -0.15) is 0 Å². The van der Waals surface area contributed by atoms with Crippen LogP contribution in [0.2, 0.25) is 0 Å². The molecule has 1 saturated carbocycles. The molecule has 0 heterocycles. The zero-order valence-corrected chi connectivity index (χ0v) is 6.88. The van der Waals surface area contributed by atoms with Gasteiger partial charge in [-0.25, -0.2) is 0 Å². The molecule has 1 fully saturated rings. The Morgan fingerprint density at radius 2 is 1.89 bits per heavy atom. The third-order valence-corrected chi connectivity index (χ3v) is 2.76. The van der Waals surface area contributed by atoms with Gasteiger partial charge in [-0.05, 0) is 19.3 Å². The minimum atomic E-state index is 0.217. The Balaban J connectivity index is 2.32. The van der Waals surface area contributed by atoms with Crippen LogP contribution in [-0.4, -0.2) is 4.87 Å². The van der Waals surface area contributed by atoms with Crippen molar-refractivity contribution in [3.05, 3.63) is 0 Å². The largest absolute Gasteiger partial charge is 0.119 e. The third kappa shape index (κ3) is 1.86.